The molecule has 8 heterocycles. The van der Waals surface area contributed by atoms with Gasteiger partial charge in [-0.2, -0.15) is 0 Å². The van der Waals surface area contributed by atoms with E-state index in [2.05, 4.69) is 136 Å². The quantitative estimate of drug-likeness (QED) is 0.0720. The summed E-state index contributed by atoms with van der Waals surface area (Å²) in [5.74, 6) is 2.24. The molecule has 4 bridgehead atoms. The van der Waals surface area contributed by atoms with Gasteiger partial charge >= 0.3 is 0 Å². The van der Waals surface area contributed by atoms with Crippen molar-refractivity contribution in [2.75, 3.05) is 39.4 Å². The molecule has 6 fully saturated rings. The monoisotopic (exact) mass is 822 g/mol. The van der Waals surface area contributed by atoms with Crippen molar-refractivity contribution < 1.29 is 18.4 Å². The average Bonchev–Trinajstić information content (AvgIpc) is 3.32. The number of ether oxygens (including phenoxy) is 2. The minimum absolute atomic E-state index is 0.0686. The Balaban J connectivity index is 0.998. The van der Waals surface area contributed by atoms with Crippen molar-refractivity contribution in [3.63, 3.8) is 0 Å². The summed E-state index contributed by atoms with van der Waals surface area (Å²) in [5.41, 5.74) is 7.30. The molecule has 0 amide bonds. The molecule has 0 radical (unpaired) electrons. The number of fused-ring (bicyclic) bond motifs is 9. The van der Waals surface area contributed by atoms with Gasteiger partial charge in [-0.3, -0.25) is 9.97 Å². The van der Waals surface area contributed by atoms with Crippen molar-refractivity contribution in [1.29, 1.82) is 0 Å². The predicted molar refractivity (Wildman–Crippen MR) is 253 cm³/mol. The van der Waals surface area contributed by atoms with Crippen molar-refractivity contribution in [2.24, 2.45) is 23.7 Å². The summed E-state index contributed by atoms with van der Waals surface area (Å²) in [7, 11) is 0. The summed E-state index contributed by atoms with van der Waals surface area (Å²) in [6.45, 7) is 24.3. The second-order valence-electron chi connectivity index (χ2n) is 19.0. The number of rotatable bonds is 16. The predicted octanol–water partition coefficient (Wildman–Crippen LogP) is 11.6. The second kappa shape index (κ2) is 17.1. The first-order valence-electron chi connectivity index (χ1n) is 23.1. The molecule has 10 atom stereocenters. The Bertz CT molecular complexity index is 2450. The fourth-order valence-corrected chi connectivity index (χ4v) is 12.9. The summed E-state index contributed by atoms with van der Waals surface area (Å²) >= 11 is 0. The average molecular weight is 823 g/mol. The number of piperidine rings is 6. The summed E-state index contributed by atoms with van der Waals surface area (Å²) in [6, 6.07) is 36.6. The van der Waals surface area contributed by atoms with Gasteiger partial charge in [0.25, 0.3) is 0 Å². The smallest absolute Gasteiger partial charge is 0.135 e. The van der Waals surface area contributed by atoms with Gasteiger partial charge < -0.3 is 18.4 Å². The Morgan fingerprint density at radius 1 is 0.581 bits per heavy atom. The van der Waals surface area contributed by atoms with Gasteiger partial charge in [-0.1, -0.05) is 85.0 Å². The maximum absolute atomic E-state index is 6.89. The maximum Gasteiger partial charge on any atom is 0.135 e. The number of aromatic nitrogens is 2. The van der Waals surface area contributed by atoms with Crippen LogP contribution >= 0.6 is 0 Å². The molecule has 6 aromatic rings. The van der Waals surface area contributed by atoms with Crippen LogP contribution in [0.1, 0.15) is 60.1 Å². The highest BCUT2D eigenvalue weighted by Crippen LogP contribution is 2.51. The Morgan fingerprint density at radius 2 is 1.05 bits per heavy atom. The van der Waals surface area contributed by atoms with E-state index in [0.717, 1.165) is 72.1 Å². The highest BCUT2D eigenvalue weighted by Gasteiger charge is 2.56. The number of para-hydroxylation sites is 2. The van der Waals surface area contributed by atoms with Crippen LogP contribution in [0.4, 0.5) is 0 Å². The number of pyridine rings is 2. The number of hydrogen-bond acceptors (Lipinski definition) is 4. The molecule has 6 heteroatoms. The van der Waals surface area contributed by atoms with E-state index in [0.29, 0.717) is 49.0 Å². The zero-order valence-electron chi connectivity index (χ0n) is 36.2. The Morgan fingerprint density at radius 3 is 1.50 bits per heavy atom. The third-order valence-electron chi connectivity index (χ3n) is 15.8. The van der Waals surface area contributed by atoms with Crippen molar-refractivity contribution in [2.45, 2.75) is 63.1 Å². The highest BCUT2D eigenvalue weighted by molar-refractivity contribution is 5.84. The van der Waals surface area contributed by atoms with E-state index < -0.39 is 0 Å². The van der Waals surface area contributed by atoms with E-state index in [-0.39, 0.29) is 12.2 Å². The third-order valence-corrected chi connectivity index (χ3v) is 15.8. The molecule has 6 saturated heterocycles. The Labute approximate surface area is 368 Å². The lowest BCUT2D eigenvalue weighted by atomic mass is 9.71. The van der Waals surface area contributed by atoms with Crippen LogP contribution in [0.3, 0.4) is 0 Å². The standard InChI is InChI=1S/C56H62N4O2/c1-5-29-61-55(49-21-25-57-51-15-11-9-13-47(49)51)53-33-44-23-27-59(53,37-41(44)7-3)35-39-17-19-43-20-18-40(32-46(43)31-39)36-60-28-24-45(42(8-4)38-60)34-54(60)56(62-30-6-2)50-22-26-58-52-16-12-10-14-48(50)52/h5-22,25-26,31-32,41-42,44-45,53-56H,1-4,23-24,27-30,33-38H2/q+2/t41-,42-,44-,45-,53-,54-,55+,56+,59?,60?/m0/s1. The number of quaternary nitrogens is 2. The molecule has 6 nitrogen and oxygen atoms in total. The molecule has 0 aliphatic carbocycles. The molecule has 4 aromatic carbocycles. The minimum atomic E-state index is -0.0686. The SMILES string of the molecule is C=CCO[C@H](c1ccnc2ccccc12)[C@@H]1C[C@@H]2CC[N+]1(Cc1ccc3ccc(C[N+]45CC[C@@H](C[C@H]4[C@H](OCC=C)c4ccnc6ccccc46)[C@@H](C=C)C5)cc3c1)C[C@@H]2C=C. The van der Waals surface area contributed by atoms with Crippen LogP contribution < -0.4 is 0 Å². The van der Waals surface area contributed by atoms with Crippen molar-refractivity contribution >= 4 is 32.6 Å². The van der Waals surface area contributed by atoms with Crippen LogP contribution in [-0.2, 0) is 22.6 Å². The van der Waals surface area contributed by atoms with Crippen LogP contribution in [0, 0.1) is 23.7 Å². The fourth-order valence-electron chi connectivity index (χ4n) is 12.9. The van der Waals surface area contributed by atoms with Gasteiger partial charge in [-0.15, -0.1) is 26.3 Å². The third kappa shape index (κ3) is 7.35. The highest BCUT2D eigenvalue weighted by atomic mass is 16.5. The molecule has 62 heavy (non-hydrogen) atoms. The van der Waals surface area contributed by atoms with Crippen molar-refractivity contribution in [1.82, 2.24) is 9.97 Å². The maximum atomic E-state index is 6.89. The zero-order chi connectivity index (χ0) is 42.3. The lowest BCUT2D eigenvalue weighted by molar-refractivity contribution is -0.985. The summed E-state index contributed by atoms with van der Waals surface area (Å²) in [6.07, 6.45) is 16.7. The lowest BCUT2D eigenvalue weighted by Crippen LogP contribution is -2.67. The van der Waals surface area contributed by atoms with Crippen LogP contribution in [-0.4, -0.2) is 70.4 Å². The van der Waals surface area contributed by atoms with Gasteiger partial charge in [0.2, 0.25) is 0 Å². The van der Waals surface area contributed by atoms with Gasteiger partial charge in [0.15, 0.2) is 0 Å². The molecule has 12 rings (SSSR count). The van der Waals surface area contributed by atoms with E-state index in [9.17, 15) is 0 Å². The van der Waals surface area contributed by atoms with E-state index >= 15 is 0 Å². The van der Waals surface area contributed by atoms with Gasteiger partial charge in [-0.25, -0.2) is 0 Å². The Kier molecular flexibility index (Phi) is 11.3. The van der Waals surface area contributed by atoms with Gasteiger partial charge in [0.05, 0.1) is 50.4 Å². The van der Waals surface area contributed by atoms with Crippen LogP contribution in [0.2, 0.25) is 0 Å². The number of hydrogen-bond donors (Lipinski definition) is 0. The summed E-state index contributed by atoms with van der Waals surface area (Å²) < 4.78 is 15.8. The normalized spacial score (nSPS) is 28.8. The topological polar surface area (TPSA) is 44.2 Å². The molecule has 0 N–H and O–H groups in total. The van der Waals surface area contributed by atoms with Gasteiger partial charge in [-0.05, 0) is 70.1 Å². The van der Waals surface area contributed by atoms with Gasteiger partial charge in [0, 0.05) is 71.8 Å². The number of benzene rings is 4. The van der Waals surface area contributed by atoms with E-state index in [1.54, 1.807) is 0 Å². The molecule has 0 spiro atoms. The molecule has 6 aliphatic rings. The first-order chi connectivity index (χ1) is 30.4. The van der Waals surface area contributed by atoms with E-state index in [1.165, 1.54) is 56.6 Å². The van der Waals surface area contributed by atoms with Crippen molar-refractivity contribution in [3.8, 4) is 0 Å². The lowest BCUT2D eigenvalue weighted by Gasteiger charge is -2.58. The molecule has 316 valence electrons. The molecule has 2 unspecified atom stereocenters. The molecule has 2 aromatic heterocycles. The van der Waals surface area contributed by atoms with Crippen LogP contribution in [0.15, 0.2) is 160 Å². The largest absolute Gasteiger partial charge is 0.363 e. The second-order valence-corrected chi connectivity index (χ2v) is 19.0. The summed E-state index contributed by atoms with van der Waals surface area (Å²) in [4.78, 5) is 9.48. The fraction of sp³-hybridized carbons (Fsp3) is 0.357. The van der Waals surface area contributed by atoms with E-state index in [4.69, 9.17) is 19.4 Å². The van der Waals surface area contributed by atoms with Crippen LogP contribution in [0.25, 0.3) is 32.6 Å². The zero-order valence-corrected chi connectivity index (χ0v) is 36.2. The molecular weight excluding hydrogens is 761 g/mol. The van der Waals surface area contributed by atoms with E-state index in [1.807, 2.05) is 24.5 Å². The molecule has 6 aliphatic heterocycles. The molecular formula is C56H62N4O2+2. The Hall–Kier alpha value is -5.24. The summed E-state index contributed by atoms with van der Waals surface area (Å²) in [5, 5.41) is 4.98. The van der Waals surface area contributed by atoms with Gasteiger partial charge in [0.1, 0.15) is 37.4 Å². The van der Waals surface area contributed by atoms with Crippen LogP contribution in [0.5, 0.6) is 0 Å². The number of nitrogens with zero attached hydrogens (tertiary/aromatic N) is 4. The minimum Gasteiger partial charge on any atom is -0.363 e. The first kappa shape index (κ1) is 40.8. The first-order valence-corrected chi connectivity index (χ1v) is 23.1. The van der Waals surface area contributed by atoms with Crippen molar-refractivity contribution in [3.05, 3.63) is 182 Å². The molecule has 0 saturated carbocycles.